The van der Waals surface area contributed by atoms with E-state index in [-0.39, 0.29) is 17.0 Å². The van der Waals surface area contributed by atoms with E-state index < -0.39 is 5.82 Å². The summed E-state index contributed by atoms with van der Waals surface area (Å²) >= 11 is 0. The highest BCUT2D eigenvalue weighted by Gasteiger charge is 2.08. The molecule has 0 spiro atoms. The molecule has 2 heterocycles. The molecular weight excluding hydrogens is 283 g/mol. The van der Waals surface area contributed by atoms with Gasteiger partial charge in [-0.05, 0) is 24.3 Å². The molecule has 0 saturated carbocycles. The van der Waals surface area contributed by atoms with Crippen LogP contribution in [0.15, 0.2) is 55.0 Å². The van der Waals surface area contributed by atoms with Gasteiger partial charge < -0.3 is 10.1 Å². The smallest absolute Gasteiger partial charge is 0.146 e. The Morgan fingerprint density at radius 1 is 1.32 bits per heavy atom. The minimum Gasteiger partial charge on any atom is -0.507 e. The van der Waals surface area contributed by atoms with Crippen molar-refractivity contribution in [2.75, 3.05) is 0 Å². The van der Waals surface area contributed by atoms with Gasteiger partial charge in [0, 0.05) is 30.1 Å². The van der Waals surface area contributed by atoms with Crippen molar-refractivity contribution in [2.24, 2.45) is 0 Å². The number of nitrogens with one attached hydrogen (secondary N) is 2. The molecule has 3 rings (SSSR count). The third-order valence-corrected chi connectivity index (χ3v) is 3.28. The third-order valence-electron chi connectivity index (χ3n) is 3.28. The van der Waals surface area contributed by atoms with Crippen LogP contribution >= 0.6 is 0 Å². The normalized spacial score (nSPS) is 11.3. The van der Waals surface area contributed by atoms with Crippen molar-refractivity contribution in [1.29, 1.82) is 5.41 Å². The molecule has 0 amide bonds. The molecule has 0 unspecified atom stereocenters. The van der Waals surface area contributed by atoms with E-state index >= 15 is 0 Å². The molecule has 0 aliphatic heterocycles. The van der Waals surface area contributed by atoms with Gasteiger partial charge in [0.15, 0.2) is 0 Å². The van der Waals surface area contributed by atoms with E-state index in [2.05, 4.69) is 9.97 Å². The summed E-state index contributed by atoms with van der Waals surface area (Å²) in [4.78, 5) is 7.22. The zero-order valence-corrected chi connectivity index (χ0v) is 11.5. The first-order chi connectivity index (χ1) is 10.6. The molecule has 0 aliphatic carbocycles. The number of nitrogens with zero attached hydrogens (tertiary/aromatic N) is 1. The molecule has 0 radical (unpaired) electrons. The van der Waals surface area contributed by atoms with Gasteiger partial charge in [0.1, 0.15) is 22.9 Å². The molecule has 5 nitrogen and oxygen atoms in total. The number of fused-ring (bicyclic) bond motifs is 1. The number of aromatic hydroxyl groups is 1. The summed E-state index contributed by atoms with van der Waals surface area (Å²) in [6.07, 6.45) is 6.70. The van der Waals surface area contributed by atoms with Crippen LogP contribution in [0.4, 0.5) is 10.1 Å². The van der Waals surface area contributed by atoms with Crippen molar-refractivity contribution >= 4 is 22.4 Å². The predicted molar refractivity (Wildman–Crippen MR) is 81.7 cm³/mol. The molecule has 0 aliphatic rings. The molecule has 0 atom stereocenters. The maximum atomic E-state index is 13.2. The van der Waals surface area contributed by atoms with Gasteiger partial charge in [-0.1, -0.05) is 0 Å². The number of allylic oxidation sites excluding steroid dienone is 1. The van der Waals surface area contributed by atoms with Crippen LogP contribution in [-0.2, 0) is 0 Å². The lowest BCUT2D eigenvalue weighted by Gasteiger charge is -2.02. The molecule has 2 aromatic heterocycles. The number of benzene rings is 1. The standard InChI is InChI=1S/C16H13FN4O/c17-10-1-2-15(22)12(9-10)13(18)4-7-19-14-5-8-21-16-11(14)3-6-20-16/h1-9,18,22H,(H2,19,20,21)/p+1/b7-4-,18-13?. The molecular formula is C16H14FN4O+. The number of halogens is 1. The average Bonchev–Trinajstić information content (AvgIpc) is 2.99. The Morgan fingerprint density at radius 3 is 3.05 bits per heavy atom. The number of aromatic nitrogens is 2. The molecule has 0 bridgehead atoms. The first-order valence-electron chi connectivity index (χ1n) is 6.66. The minimum atomic E-state index is -0.488. The van der Waals surface area contributed by atoms with Crippen LogP contribution in [0.3, 0.4) is 0 Å². The van der Waals surface area contributed by atoms with Crippen molar-refractivity contribution in [3.63, 3.8) is 0 Å². The van der Waals surface area contributed by atoms with E-state index in [1.165, 1.54) is 12.1 Å². The number of hydrogen-bond donors (Lipinski definition) is 4. The SMILES string of the molecule is N=C(/C=C\[NH2+]c1ccnc2[nH]ccc12)c1cc(F)ccc1O. The number of phenols is 1. The molecule has 22 heavy (non-hydrogen) atoms. The Morgan fingerprint density at radius 2 is 2.18 bits per heavy atom. The summed E-state index contributed by atoms with van der Waals surface area (Å²) in [5, 5.41) is 20.4. The lowest BCUT2D eigenvalue weighted by Crippen LogP contribution is -2.71. The summed E-state index contributed by atoms with van der Waals surface area (Å²) in [5.41, 5.74) is 1.94. The van der Waals surface area contributed by atoms with Crippen molar-refractivity contribution in [1.82, 2.24) is 9.97 Å². The number of hydrogen-bond acceptors (Lipinski definition) is 3. The lowest BCUT2D eigenvalue weighted by molar-refractivity contribution is -0.494. The maximum absolute atomic E-state index is 13.2. The van der Waals surface area contributed by atoms with Crippen LogP contribution < -0.4 is 5.32 Å². The van der Waals surface area contributed by atoms with Gasteiger partial charge in [-0.25, -0.2) is 9.37 Å². The van der Waals surface area contributed by atoms with E-state index in [4.69, 9.17) is 5.41 Å². The highest BCUT2D eigenvalue weighted by molar-refractivity contribution is 6.08. The zero-order valence-electron chi connectivity index (χ0n) is 11.5. The number of nitrogens with two attached hydrogens (primary N) is 1. The summed E-state index contributed by atoms with van der Waals surface area (Å²) < 4.78 is 13.2. The fraction of sp³-hybridized carbons (Fsp3) is 0. The maximum Gasteiger partial charge on any atom is 0.146 e. The lowest BCUT2D eigenvalue weighted by atomic mass is 10.1. The highest BCUT2D eigenvalue weighted by Crippen LogP contribution is 2.19. The number of aromatic amines is 1. The van der Waals surface area contributed by atoms with Crippen LogP contribution in [0, 0.1) is 11.2 Å². The van der Waals surface area contributed by atoms with Crippen molar-refractivity contribution < 1.29 is 14.8 Å². The first-order valence-corrected chi connectivity index (χ1v) is 6.66. The fourth-order valence-corrected chi connectivity index (χ4v) is 2.19. The number of phenolic OH excluding ortho intramolecular Hbond substituents is 1. The average molecular weight is 297 g/mol. The van der Waals surface area contributed by atoms with Gasteiger partial charge in [-0.2, -0.15) is 0 Å². The van der Waals surface area contributed by atoms with Gasteiger partial charge in [-0.3, -0.25) is 10.7 Å². The largest absolute Gasteiger partial charge is 0.507 e. The number of pyridine rings is 1. The second-order valence-corrected chi connectivity index (χ2v) is 4.74. The van der Waals surface area contributed by atoms with Gasteiger partial charge >= 0.3 is 0 Å². The summed E-state index contributed by atoms with van der Waals surface area (Å²) in [6, 6.07) is 7.32. The molecule has 6 heteroatoms. The van der Waals surface area contributed by atoms with Crippen molar-refractivity contribution in [3.8, 4) is 5.75 Å². The van der Waals surface area contributed by atoms with E-state index in [1.54, 1.807) is 12.4 Å². The monoisotopic (exact) mass is 297 g/mol. The Bertz CT molecular complexity index is 869. The Hall–Kier alpha value is -2.99. The van der Waals surface area contributed by atoms with E-state index in [0.29, 0.717) is 0 Å². The van der Waals surface area contributed by atoms with Crippen LogP contribution in [-0.4, -0.2) is 20.8 Å². The van der Waals surface area contributed by atoms with E-state index in [1.807, 2.05) is 23.6 Å². The Balaban J connectivity index is 1.78. The van der Waals surface area contributed by atoms with Crippen LogP contribution in [0.5, 0.6) is 5.75 Å². The van der Waals surface area contributed by atoms with Crippen LogP contribution in [0.1, 0.15) is 5.56 Å². The summed E-state index contributed by atoms with van der Waals surface area (Å²) in [7, 11) is 0. The fourth-order valence-electron chi connectivity index (χ4n) is 2.19. The molecule has 110 valence electrons. The molecule has 1 aromatic carbocycles. The van der Waals surface area contributed by atoms with E-state index in [9.17, 15) is 9.50 Å². The molecule has 0 saturated heterocycles. The van der Waals surface area contributed by atoms with Gasteiger partial charge in [0.25, 0.3) is 0 Å². The van der Waals surface area contributed by atoms with Crippen LogP contribution in [0.2, 0.25) is 0 Å². The molecule has 5 N–H and O–H groups in total. The second-order valence-electron chi connectivity index (χ2n) is 4.74. The summed E-state index contributed by atoms with van der Waals surface area (Å²) in [6.45, 7) is 0. The second kappa shape index (κ2) is 5.79. The van der Waals surface area contributed by atoms with Crippen molar-refractivity contribution in [3.05, 3.63) is 66.4 Å². The summed E-state index contributed by atoms with van der Waals surface area (Å²) in [5.74, 6) is -0.605. The molecule has 3 aromatic rings. The number of quaternary nitrogens is 1. The third kappa shape index (κ3) is 2.72. The Labute approximate surface area is 125 Å². The number of rotatable bonds is 4. The quantitative estimate of drug-likeness (QED) is 0.556. The van der Waals surface area contributed by atoms with Gasteiger partial charge in [0.05, 0.1) is 17.3 Å². The molecule has 0 fully saturated rings. The van der Waals surface area contributed by atoms with Crippen LogP contribution in [0.25, 0.3) is 11.0 Å². The minimum absolute atomic E-state index is 0.0348. The van der Waals surface area contributed by atoms with Crippen molar-refractivity contribution in [2.45, 2.75) is 0 Å². The van der Waals surface area contributed by atoms with Gasteiger partial charge in [-0.15, -0.1) is 0 Å². The highest BCUT2D eigenvalue weighted by atomic mass is 19.1. The Kier molecular flexibility index (Phi) is 3.67. The zero-order chi connectivity index (χ0) is 15.5. The predicted octanol–water partition coefficient (Wildman–Crippen LogP) is 2.18. The first kappa shape index (κ1) is 14.0. The van der Waals surface area contributed by atoms with E-state index in [0.717, 1.165) is 28.9 Å². The van der Waals surface area contributed by atoms with Gasteiger partial charge in [0.2, 0.25) is 0 Å². The topological polar surface area (TPSA) is 89.4 Å². The number of H-pyrrole nitrogens is 1.